The maximum Gasteiger partial charge on any atom is 0.238 e. The number of halogens is 1. The third-order valence-electron chi connectivity index (χ3n) is 3.01. The monoisotopic (exact) mass is 345 g/mol. The SMILES string of the molecule is CN(C)CC(=O)Nc1ccc(C(=O)C=Cc2ccccn2)cc1.Cl. The first-order valence-electron chi connectivity index (χ1n) is 7.22. The summed E-state index contributed by atoms with van der Waals surface area (Å²) >= 11 is 0. The van der Waals surface area contributed by atoms with E-state index in [0.717, 1.165) is 5.69 Å². The van der Waals surface area contributed by atoms with Gasteiger partial charge in [-0.3, -0.25) is 14.6 Å². The van der Waals surface area contributed by atoms with Crippen LogP contribution < -0.4 is 5.32 Å². The summed E-state index contributed by atoms with van der Waals surface area (Å²) in [5, 5.41) is 2.78. The van der Waals surface area contributed by atoms with E-state index in [2.05, 4.69) is 10.3 Å². The maximum absolute atomic E-state index is 12.1. The van der Waals surface area contributed by atoms with Crippen LogP contribution in [-0.4, -0.2) is 42.2 Å². The molecule has 2 aromatic rings. The highest BCUT2D eigenvalue weighted by Crippen LogP contribution is 2.11. The molecule has 0 aliphatic carbocycles. The summed E-state index contributed by atoms with van der Waals surface area (Å²) in [6.45, 7) is 0.313. The molecule has 0 aliphatic rings. The van der Waals surface area contributed by atoms with Gasteiger partial charge < -0.3 is 10.2 Å². The standard InChI is InChI=1S/C18H19N3O2.ClH/c1-21(2)13-18(23)20-16-8-6-14(7-9-16)17(22)11-10-15-5-3-4-12-19-15;/h3-12H,13H2,1-2H3,(H,20,23);1H. The van der Waals surface area contributed by atoms with Crippen LogP contribution in [0, 0.1) is 0 Å². The van der Waals surface area contributed by atoms with E-state index in [1.54, 1.807) is 41.4 Å². The molecule has 0 radical (unpaired) electrons. The Kier molecular flexibility index (Phi) is 7.82. The number of hydrogen-bond donors (Lipinski definition) is 1. The quantitative estimate of drug-likeness (QED) is 0.646. The highest BCUT2D eigenvalue weighted by atomic mass is 35.5. The van der Waals surface area contributed by atoms with Crippen molar-refractivity contribution in [2.45, 2.75) is 0 Å². The molecule has 1 heterocycles. The molecule has 126 valence electrons. The highest BCUT2D eigenvalue weighted by molar-refractivity contribution is 6.07. The molecule has 0 saturated carbocycles. The van der Waals surface area contributed by atoms with Gasteiger partial charge in [-0.1, -0.05) is 6.07 Å². The second-order valence-corrected chi connectivity index (χ2v) is 5.32. The molecule has 0 fully saturated rings. The van der Waals surface area contributed by atoms with Gasteiger partial charge in [0.2, 0.25) is 5.91 Å². The fraction of sp³-hybridized carbons (Fsp3) is 0.167. The van der Waals surface area contributed by atoms with Crippen molar-refractivity contribution in [1.82, 2.24) is 9.88 Å². The molecule has 1 aromatic heterocycles. The number of rotatable bonds is 6. The average Bonchev–Trinajstić information content (AvgIpc) is 2.53. The summed E-state index contributed by atoms with van der Waals surface area (Å²) in [5.41, 5.74) is 1.96. The smallest absolute Gasteiger partial charge is 0.238 e. The lowest BCUT2D eigenvalue weighted by atomic mass is 10.1. The van der Waals surface area contributed by atoms with Crippen LogP contribution in [0.5, 0.6) is 0 Å². The Balaban J connectivity index is 0.00000288. The van der Waals surface area contributed by atoms with Crippen molar-refractivity contribution >= 4 is 35.9 Å². The molecule has 1 amide bonds. The summed E-state index contributed by atoms with van der Waals surface area (Å²) in [6, 6.07) is 12.3. The number of anilines is 1. The molecule has 0 bridgehead atoms. The number of nitrogens with one attached hydrogen (secondary N) is 1. The zero-order valence-corrected chi connectivity index (χ0v) is 14.4. The van der Waals surface area contributed by atoms with Crippen LogP contribution in [0.25, 0.3) is 6.08 Å². The van der Waals surface area contributed by atoms with Gasteiger partial charge in [0.1, 0.15) is 0 Å². The van der Waals surface area contributed by atoms with Crippen LogP contribution in [0.2, 0.25) is 0 Å². The van der Waals surface area contributed by atoms with E-state index in [4.69, 9.17) is 0 Å². The normalized spacial score (nSPS) is 10.5. The zero-order valence-electron chi connectivity index (χ0n) is 13.6. The average molecular weight is 346 g/mol. The predicted octanol–water partition coefficient (Wildman–Crippen LogP) is 2.90. The van der Waals surface area contributed by atoms with E-state index in [1.165, 1.54) is 6.08 Å². The van der Waals surface area contributed by atoms with Crippen LogP contribution in [0.1, 0.15) is 16.1 Å². The number of allylic oxidation sites excluding steroid dienone is 1. The summed E-state index contributed by atoms with van der Waals surface area (Å²) in [4.78, 5) is 29.7. The van der Waals surface area contributed by atoms with E-state index in [1.807, 2.05) is 32.3 Å². The Morgan fingerprint density at radius 1 is 1.12 bits per heavy atom. The molecule has 24 heavy (non-hydrogen) atoms. The molecule has 6 heteroatoms. The van der Waals surface area contributed by atoms with Crippen molar-refractivity contribution < 1.29 is 9.59 Å². The molecular weight excluding hydrogens is 326 g/mol. The lowest BCUT2D eigenvalue weighted by molar-refractivity contribution is -0.116. The van der Waals surface area contributed by atoms with E-state index in [9.17, 15) is 9.59 Å². The molecule has 2 rings (SSSR count). The van der Waals surface area contributed by atoms with Crippen molar-refractivity contribution in [3.8, 4) is 0 Å². The first-order chi connectivity index (χ1) is 11.0. The largest absolute Gasteiger partial charge is 0.325 e. The van der Waals surface area contributed by atoms with Crippen LogP contribution in [0.3, 0.4) is 0 Å². The first-order valence-corrected chi connectivity index (χ1v) is 7.22. The van der Waals surface area contributed by atoms with Gasteiger partial charge in [-0.2, -0.15) is 0 Å². The third kappa shape index (κ3) is 6.32. The molecule has 0 saturated heterocycles. The molecule has 0 spiro atoms. The molecule has 0 atom stereocenters. The number of carbonyl (C=O) groups is 2. The fourth-order valence-electron chi connectivity index (χ4n) is 1.94. The van der Waals surface area contributed by atoms with Gasteiger partial charge in [-0.15, -0.1) is 12.4 Å². The number of hydrogen-bond acceptors (Lipinski definition) is 4. The second kappa shape index (κ2) is 9.60. The van der Waals surface area contributed by atoms with Crippen LogP contribution in [0.15, 0.2) is 54.7 Å². The van der Waals surface area contributed by atoms with Crippen molar-refractivity contribution in [2.24, 2.45) is 0 Å². The van der Waals surface area contributed by atoms with Crippen LogP contribution in [-0.2, 0) is 4.79 Å². The molecule has 1 N–H and O–H groups in total. The lowest BCUT2D eigenvalue weighted by Gasteiger charge is -2.10. The Labute approximate surface area is 147 Å². The van der Waals surface area contributed by atoms with Gasteiger partial charge in [0, 0.05) is 17.4 Å². The molecule has 0 aliphatic heterocycles. The van der Waals surface area contributed by atoms with Crippen LogP contribution in [0.4, 0.5) is 5.69 Å². The van der Waals surface area contributed by atoms with E-state index < -0.39 is 0 Å². The minimum atomic E-state index is -0.109. The minimum absolute atomic E-state index is 0. The number of nitrogens with zero attached hydrogens (tertiary/aromatic N) is 2. The Morgan fingerprint density at radius 3 is 2.42 bits per heavy atom. The third-order valence-corrected chi connectivity index (χ3v) is 3.01. The van der Waals surface area contributed by atoms with Gasteiger partial charge in [-0.05, 0) is 62.6 Å². The summed E-state index contributed by atoms with van der Waals surface area (Å²) in [7, 11) is 3.66. The maximum atomic E-state index is 12.1. The summed E-state index contributed by atoms with van der Waals surface area (Å²) < 4.78 is 0. The summed E-state index contributed by atoms with van der Waals surface area (Å²) in [5.74, 6) is -0.203. The first kappa shape index (κ1) is 19.5. The molecule has 0 unspecified atom stereocenters. The summed E-state index contributed by atoms with van der Waals surface area (Å²) in [6.07, 6.45) is 4.84. The van der Waals surface area contributed by atoms with Gasteiger partial charge >= 0.3 is 0 Å². The predicted molar refractivity (Wildman–Crippen MR) is 98.5 cm³/mol. The fourth-order valence-corrected chi connectivity index (χ4v) is 1.94. The Bertz CT molecular complexity index is 698. The highest BCUT2D eigenvalue weighted by Gasteiger charge is 2.05. The lowest BCUT2D eigenvalue weighted by Crippen LogP contribution is -2.27. The Morgan fingerprint density at radius 2 is 1.83 bits per heavy atom. The zero-order chi connectivity index (χ0) is 16.7. The van der Waals surface area contributed by atoms with E-state index >= 15 is 0 Å². The number of pyridine rings is 1. The van der Waals surface area contributed by atoms with Gasteiger partial charge in [0.05, 0.1) is 12.2 Å². The number of carbonyl (C=O) groups excluding carboxylic acids is 2. The number of likely N-dealkylation sites (N-methyl/N-ethyl adjacent to an activating group) is 1. The van der Waals surface area contributed by atoms with Crippen molar-refractivity contribution in [3.05, 3.63) is 66.0 Å². The molecular formula is C18H20ClN3O2. The van der Waals surface area contributed by atoms with Crippen molar-refractivity contribution in [1.29, 1.82) is 0 Å². The number of benzene rings is 1. The molecule has 5 nitrogen and oxygen atoms in total. The van der Waals surface area contributed by atoms with E-state index in [0.29, 0.717) is 17.8 Å². The van der Waals surface area contributed by atoms with Gasteiger partial charge in [-0.25, -0.2) is 0 Å². The van der Waals surface area contributed by atoms with Gasteiger partial charge in [0.25, 0.3) is 0 Å². The minimum Gasteiger partial charge on any atom is -0.325 e. The van der Waals surface area contributed by atoms with Crippen LogP contribution >= 0.6 is 12.4 Å². The number of aromatic nitrogens is 1. The van der Waals surface area contributed by atoms with E-state index in [-0.39, 0.29) is 24.1 Å². The number of amides is 1. The number of ketones is 1. The van der Waals surface area contributed by atoms with Crippen molar-refractivity contribution in [2.75, 3.05) is 26.0 Å². The van der Waals surface area contributed by atoms with Crippen molar-refractivity contribution in [3.63, 3.8) is 0 Å². The second-order valence-electron chi connectivity index (χ2n) is 5.32. The Hall–Kier alpha value is -2.50. The van der Waals surface area contributed by atoms with Gasteiger partial charge in [0.15, 0.2) is 5.78 Å². The molecule has 1 aromatic carbocycles. The topological polar surface area (TPSA) is 62.3 Å².